The van der Waals surface area contributed by atoms with E-state index in [4.69, 9.17) is 4.74 Å². The zero-order valence-electron chi connectivity index (χ0n) is 9.40. The Labute approximate surface area is 88.8 Å². The van der Waals surface area contributed by atoms with E-state index in [2.05, 4.69) is 14.7 Å². The second kappa shape index (κ2) is 4.93. The van der Waals surface area contributed by atoms with Gasteiger partial charge in [-0.2, -0.15) is 0 Å². The van der Waals surface area contributed by atoms with Gasteiger partial charge in [0.1, 0.15) is 17.6 Å². The lowest BCUT2D eigenvalue weighted by atomic mass is 10.1. The highest BCUT2D eigenvalue weighted by molar-refractivity contribution is 5.86. The van der Waals surface area contributed by atoms with Crippen molar-refractivity contribution in [3.8, 4) is 0 Å². The predicted molar refractivity (Wildman–Crippen MR) is 54.5 cm³/mol. The number of ether oxygens (including phenoxy) is 2. The highest BCUT2D eigenvalue weighted by Gasteiger charge is 2.20. The molecule has 0 fully saturated rings. The summed E-state index contributed by atoms with van der Waals surface area (Å²) in [7, 11) is 2.95. The molecule has 1 rings (SSSR count). The van der Waals surface area contributed by atoms with Crippen LogP contribution in [-0.2, 0) is 9.47 Å². The summed E-state index contributed by atoms with van der Waals surface area (Å²) in [5.41, 5.74) is 0.343. The maximum Gasteiger partial charge on any atom is 0.356 e. The van der Waals surface area contributed by atoms with Crippen molar-refractivity contribution in [2.24, 2.45) is 5.92 Å². The fourth-order valence-electron chi connectivity index (χ4n) is 1.39. The third-order valence-corrected chi connectivity index (χ3v) is 2.13. The van der Waals surface area contributed by atoms with Crippen molar-refractivity contribution >= 4 is 5.97 Å². The van der Waals surface area contributed by atoms with Gasteiger partial charge in [0.15, 0.2) is 0 Å². The summed E-state index contributed by atoms with van der Waals surface area (Å²) in [4.78, 5) is 18.2. The Morgan fingerprint density at radius 1 is 1.47 bits per heavy atom. The van der Waals surface area contributed by atoms with Crippen LogP contribution in [0.2, 0.25) is 0 Å². The van der Waals surface area contributed by atoms with Gasteiger partial charge in [0.05, 0.1) is 13.3 Å². The van der Waals surface area contributed by atoms with Crippen molar-refractivity contribution < 1.29 is 14.3 Å². The Balaban J connectivity index is 2.87. The van der Waals surface area contributed by atoms with Crippen molar-refractivity contribution in [1.82, 2.24) is 9.97 Å². The average molecular weight is 212 g/mol. The summed E-state index contributed by atoms with van der Waals surface area (Å²) in [5.74, 6) is 0.506. The van der Waals surface area contributed by atoms with E-state index in [1.165, 1.54) is 13.3 Å². The fraction of sp³-hybridized carbons (Fsp3) is 0.600. The van der Waals surface area contributed by atoms with E-state index >= 15 is 0 Å². The lowest BCUT2D eigenvalue weighted by Crippen LogP contribution is -2.11. The molecular formula is C10H16N2O3. The third kappa shape index (κ3) is 2.56. The summed E-state index contributed by atoms with van der Waals surface area (Å²) >= 11 is 0. The normalized spacial score (nSPS) is 12.9. The van der Waals surface area contributed by atoms with Gasteiger partial charge in [-0.1, -0.05) is 13.8 Å². The average Bonchev–Trinajstić information content (AvgIpc) is 2.66. The molecule has 0 spiro atoms. The number of carbonyl (C=O) groups is 1. The number of H-pyrrole nitrogens is 1. The van der Waals surface area contributed by atoms with Gasteiger partial charge in [-0.3, -0.25) is 0 Å². The van der Waals surface area contributed by atoms with Gasteiger partial charge in [0.25, 0.3) is 0 Å². The van der Waals surface area contributed by atoms with Crippen LogP contribution in [0.15, 0.2) is 6.20 Å². The van der Waals surface area contributed by atoms with Crippen LogP contribution >= 0.6 is 0 Å². The van der Waals surface area contributed by atoms with Crippen LogP contribution in [-0.4, -0.2) is 30.2 Å². The maximum atomic E-state index is 11.2. The largest absolute Gasteiger partial charge is 0.464 e. The smallest absolute Gasteiger partial charge is 0.356 e. The van der Waals surface area contributed by atoms with E-state index < -0.39 is 5.97 Å². The molecule has 0 aliphatic carbocycles. The van der Waals surface area contributed by atoms with Crippen LogP contribution in [0.1, 0.15) is 36.3 Å². The molecule has 84 valence electrons. The number of carbonyl (C=O) groups excluding carboxylic acids is 1. The minimum Gasteiger partial charge on any atom is -0.464 e. The van der Waals surface area contributed by atoms with Gasteiger partial charge >= 0.3 is 5.97 Å². The topological polar surface area (TPSA) is 64.2 Å². The minimum absolute atomic E-state index is 0.136. The number of methoxy groups -OCH3 is 2. The molecule has 1 N–H and O–H groups in total. The number of esters is 1. The molecule has 0 aliphatic rings. The van der Waals surface area contributed by atoms with Crippen LogP contribution in [0.3, 0.4) is 0 Å². The SMILES string of the molecule is COC(=O)c1cnc(C(OC)C(C)C)[nH]1. The first-order valence-corrected chi connectivity index (χ1v) is 4.76. The van der Waals surface area contributed by atoms with Crippen LogP contribution in [0, 0.1) is 5.92 Å². The van der Waals surface area contributed by atoms with Crippen LogP contribution in [0.5, 0.6) is 0 Å². The third-order valence-electron chi connectivity index (χ3n) is 2.13. The first kappa shape index (κ1) is 11.7. The molecule has 1 heterocycles. The summed E-state index contributed by atoms with van der Waals surface area (Å²) in [6, 6.07) is 0. The molecule has 0 radical (unpaired) electrons. The highest BCUT2D eigenvalue weighted by atomic mass is 16.5. The van der Waals surface area contributed by atoms with Crippen LogP contribution in [0.4, 0.5) is 0 Å². The number of aromatic amines is 1. The number of aromatic nitrogens is 2. The molecule has 0 aliphatic heterocycles. The lowest BCUT2D eigenvalue weighted by molar-refractivity contribution is 0.0560. The van der Waals surface area contributed by atoms with Crippen molar-refractivity contribution in [2.45, 2.75) is 20.0 Å². The minimum atomic E-state index is -0.424. The molecule has 1 atom stereocenters. The first-order valence-electron chi connectivity index (χ1n) is 4.76. The van der Waals surface area contributed by atoms with Crippen LogP contribution in [0.25, 0.3) is 0 Å². The second-order valence-electron chi connectivity index (χ2n) is 3.57. The van der Waals surface area contributed by atoms with E-state index in [1.54, 1.807) is 7.11 Å². The van der Waals surface area contributed by atoms with E-state index in [9.17, 15) is 4.79 Å². The van der Waals surface area contributed by atoms with E-state index in [1.807, 2.05) is 13.8 Å². The number of rotatable bonds is 4. The molecule has 0 saturated carbocycles. The monoisotopic (exact) mass is 212 g/mol. The van der Waals surface area contributed by atoms with Gasteiger partial charge in [-0.15, -0.1) is 0 Å². The van der Waals surface area contributed by atoms with Gasteiger partial charge in [0.2, 0.25) is 0 Å². The van der Waals surface area contributed by atoms with Crippen LogP contribution < -0.4 is 0 Å². The molecule has 15 heavy (non-hydrogen) atoms. The summed E-state index contributed by atoms with van der Waals surface area (Å²) in [5, 5.41) is 0. The molecule has 5 nitrogen and oxygen atoms in total. The second-order valence-corrected chi connectivity index (χ2v) is 3.57. The van der Waals surface area contributed by atoms with E-state index in [-0.39, 0.29) is 12.0 Å². The predicted octanol–water partition coefficient (Wildman–Crippen LogP) is 1.54. The number of hydrogen-bond acceptors (Lipinski definition) is 4. The molecule has 0 amide bonds. The Morgan fingerprint density at radius 2 is 2.13 bits per heavy atom. The number of nitrogens with zero attached hydrogens (tertiary/aromatic N) is 1. The zero-order chi connectivity index (χ0) is 11.4. The molecule has 1 aromatic rings. The molecule has 5 heteroatoms. The van der Waals surface area contributed by atoms with Gasteiger partial charge in [-0.25, -0.2) is 9.78 Å². The molecule has 0 bridgehead atoms. The Kier molecular flexibility index (Phi) is 3.85. The molecule has 0 saturated heterocycles. The molecular weight excluding hydrogens is 196 g/mol. The Bertz CT molecular complexity index is 333. The molecule has 1 aromatic heterocycles. The first-order chi connectivity index (χ1) is 7.10. The van der Waals surface area contributed by atoms with Crippen molar-refractivity contribution in [2.75, 3.05) is 14.2 Å². The highest BCUT2D eigenvalue weighted by Crippen LogP contribution is 2.22. The zero-order valence-corrected chi connectivity index (χ0v) is 9.40. The Hall–Kier alpha value is -1.36. The quantitative estimate of drug-likeness (QED) is 0.769. The van der Waals surface area contributed by atoms with Crippen molar-refractivity contribution in [1.29, 1.82) is 0 Å². The van der Waals surface area contributed by atoms with Crippen molar-refractivity contribution in [3.05, 3.63) is 17.7 Å². The fourth-order valence-corrected chi connectivity index (χ4v) is 1.39. The number of imidazole rings is 1. The lowest BCUT2D eigenvalue weighted by Gasteiger charge is -2.16. The Morgan fingerprint density at radius 3 is 2.60 bits per heavy atom. The summed E-state index contributed by atoms with van der Waals surface area (Å²) in [6.45, 7) is 4.04. The van der Waals surface area contributed by atoms with E-state index in [0.29, 0.717) is 11.5 Å². The molecule has 1 unspecified atom stereocenters. The van der Waals surface area contributed by atoms with Gasteiger partial charge in [-0.05, 0) is 5.92 Å². The number of hydrogen-bond donors (Lipinski definition) is 1. The summed E-state index contributed by atoms with van der Waals surface area (Å²) < 4.78 is 9.85. The van der Waals surface area contributed by atoms with Gasteiger partial charge < -0.3 is 14.5 Å². The van der Waals surface area contributed by atoms with Gasteiger partial charge in [0, 0.05) is 7.11 Å². The number of nitrogens with one attached hydrogen (secondary N) is 1. The maximum absolute atomic E-state index is 11.2. The van der Waals surface area contributed by atoms with Crippen molar-refractivity contribution in [3.63, 3.8) is 0 Å². The standard InChI is InChI=1S/C10H16N2O3/c1-6(2)8(14-3)9-11-5-7(12-9)10(13)15-4/h5-6,8H,1-4H3,(H,11,12). The van der Waals surface area contributed by atoms with E-state index in [0.717, 1.165) is 0 Å². The summed E-state index contributed by atoms with van der Waals surface area (Å²) in [6.07, 6.45) is 1.32. The molecule has 0 aromatic carbocycles.